The van der Waals surface area contributed by atoms with E-state index >= 15 is 0 Å². The van der Waals surface area contributed by atoms with Gasteiger partial charge in [-0.1, -0.05) is 13.0 Å². The highest BCUT2D eigenvalue weighted by molar-refractivity contribution is 7.10. The van der Waals surface area contributed by atoms with Crippen molar-refractivity contribution in [2.45, 2.75) is 44.4 Å². The summed E-state index contributed by atoms with van der Waals surface area (Å²) in [4.78, 5) is 1.07. The molecule has 0 aliphatic heterocycles. The summed E-state index contributed by atoms with van der Waals surface area (Å²) in [6.07, 6.45) is 3.19. The second kappa shape index (κ2) is 4.43. The monoisotopic (exact) mass is 211 g/mol. The van der Waals surface area contributed by atoms with Crippen molar-refractivity contribution in [3.63, 3.8) is 0 Å². The summed E-state index contributed by atoms with van der Waals surface area (Å²) in [5, 5.41) is 15.6. The molecular formula is C11H17NOS. The van der Waals surface area contributed by atoms with E-state index < -0.39 is 0 Å². The van der Waals surface area contributed by atoms with Crippen LogP contribution in [-0.2, 0) is 0 Å². The first-order valence-electron chi connectivity index (χ1n) is 5.28. The molecule has 1 aliphatic rings. The molecule has 0 aromatic carbocycles. The average Bonchev–Trinajstić information content (AvgIpc) is 2.84. The molecule has 14 heavy (non-hydrogen) atoms. The molecule has 1 heterocycles. The molecule has 78 valence electrons. The number of hydrogen-bond donors (Lipinski definition) is 2. The lowest BCUT2D eigenvalue weighted by molar-refractivity contribution is 0.128. The van der Waals surface area contributed by atoms with Gasteiger partial charge in [-0.3, -0.25) is 0 Å². The molecule has 0 saturated heterocycles. The standard InChI is InChI=1S/C11H17NOS/c1-2-9(12-8-5-6-8)11(13)10-4-3-7-14-10/h3-4,7-9,11-13H,2,5-6H2,1H3. The van der Waals surface area contributed by atoms with Crippen LogP contribution in [0, 0.1) is 0 Å². The lowest BCUT2D eigenvalue weighted by atomic mass is 10.1. The molecule has 0 radical (unpaired) electrons. The molecule has 1 fully saturated rings. The van der Waals surface area contributed by atoms with Crippen LogP contribution in [0.25, 0.3) is 0 Å². The maximum atomic E-state index is 10.1. The highest BCUT2D eigenvalue weighted by atomic mass is 32.1. The van der Waals surface area contributed by atoms with Crippen molar-refractivity contribution in [3.8, 4) is 0 Å². The van der Waals surface area contributed by atoms with Gasteiger partial charge in [0.25, 0.3) is 0 Å². The summed E-state index contributed by atoms with van der Waals surface area (Å²) in [7, 11) is 0. The predicted molar refractivity (Wildman–Crippen MR) is 59.5 cm³/mol. The Morgan fingerprint density at radius 2 is 2.43 bits per heavy atom. The molecule has 2 rings (SSSR count). The lowest BCUT2D eigenvalue weighted by Gasteiger charge is -2.21. The van der Waals surface area contributed by atoms with E-state index in [0.717, 1.165) is 11.3 Å². The third kappa shape index (κ3) is 2.35. The zero-order chi connectivity index (χ0) is 9.97. The van der Waals surface area contributed by atoms with Gasteiger partial charge in [0.1, 0.15) is 6.10 Å². The number of nitrogens with one attached hydrogen (secondary N) is 1. The molecule has 0 amide bonds. The molecule has 1 aromatic rings. The Balaban J connectivity index is 1.95. The molecule has 0 bridgehead atoms. The van der Waals surface area contributed by atoms with E-state index in [2.05, 4.69) is 12.2 Å². The van der Waals surface area contributed by atoms with E-state index in [1.807, 2.05) is 17.5 Å². The molecule has 1 aliphatic carbocycles. The number of rotatable bonds is 5. The molecule has 0 spiro atoms. The van der Waals surface area contributed by atoms with Crippen molar-refractivity contribution in [3.05, 3.63) is 22.4 Å². The molecule has 2 atom stereocenters. The lowest BCUT2D eigenvalue weighted by Crippen LogP contribution is -2.35. The van der Waals surface area contributed by atoms with Crippen molar-refractivity contribution in [2.75, 3.05) is 0 Å². The van der Waals surface area contributed by atoms with Crippen molar-refractivity contribution >= 4 is 11.3 Å². The van der Waals surface area contributed by atoms with Gasteiger partial charge in [0.2, 0.25) is 0 Å². The normalized spacial score (nSPS) is 20.7. The fourth-order valence-electron chi connectivity index (χ4n) is 1.64. The second-order valence-electron chi connectivity index (χ2n) is 3.92. The van der Waals surface area contributed by atoms with Gasteiger partial charge in [0.15, 0.2) is 0 Å². The highest BCUT2D eigenvalue weighted by Gasteiger charge is 2.28. The zero-order valence-corrected chi connectivity index (χ0v) is 9.26. The number of aliphatic hydroxyl groups is 1. The van der Waals surface area contributed by atoms with Gasteiger partial charge in [-0.2, -0.15) is 0 Å². The van der Waals surface area contributed by atoms with Gasteiger partial charge in [-0.15, -0.1) is 11.3 Å². The van der Waals surface area contributed by atoms with E-state index in [4.69, 9.17) is 0 Å². The van der Waals surface area contributed by atoms with E-state index in [1.165, 1.54) is 12.8 Å². The van der Waals surface area contributed by atoms with Crippen LogP contribution in [0.4, 0.5) is 0 Å². The minimum Gasteiger partial charge on any atom is -0.386 e. The first-order chi connectivity index (χ1) is 6.81. The fraction of sp³-hybridized carbons (Fsp3) is 0.636. The van der Waals surface area contributed by atoms with Crippen molar-refractivity contribution in [1.29, 1.82) is 0 Å². The number of aliphatic hydroxyl groups excluding tert-OH is 1. The first-order valence-corrected chi connectivity index (χ1v) is 6.16. The largest absolute Gasteiger partial charge is 0.386 e. The molecule has 1 aromatic heterocycles. The topological polar surface area (TPSA) is 32.3 Å². The minimum absolute atomic E-state index is 0.223. The summed E-state index contributed by atoms with van der Waals surface area (Å²) < 4.78 is 0. The number of hydrogen-bond acceptors (Lipinski definition) is 3. The Hall–Kier alpha value is -0.380. The van der Waals surface area contributed by atoms with E-state index in [1.54, 1.807) is 11.3 Å². The van der Waals surface area contributed by atoms with Gasteiger partial charge in [0.05, 0.1) is 0 Å². The van der Waals surface area contributed by atoms with Gasteiger partial charge in [0, 0.05) is 17.0 Å². The Morgan fingerprint density at radius 3 is 2.93 bits per heavy atom. The van der Waals surface area contributed by atoms with Crippen LogP contribution in [0.3, 0.4) is 0 Å². The van der Waals surface area contributed by atoms with Gasteiger partial charge < -0.3 is 10.4 Å². The van der Waals surface area contributed by atoms with Crippen LogP contribution < -0.4 is 5.32 Å². The average molecular weight is 211 g/mol. The summed E-state index contributed by atoms with van der Waals surface area (Å²) in [5.41, 5.74) is 0. The maximum Gasteiger partial charge on any atom is 0.103 e. The predicted octanol–water partition coefficient (Wildman–Crippen LogP) is 2.31. The molecule has 2 unspecified atom stereocenters. The summed E-state index contributed by atoms with van der Waals surface area (Å²) in [6, 6.07) is 4.88. The maximum absolute atomic E-state index is 10.1. The van der Waals surface area contributed by atoms with E-state index in [9.17, 15) is 5.11 Å². The molecular weight excluding hydrogens is 194 g/mol. The Labute approximate surface area is 89.0 Å². The molecule has 1 saturated carbocycles. The van der Waals surface area contributed by atoms with Crippen molar-refractivity contribution in [2.24, 2.45) is 0 Å². The Kier molecular flexibility index (Phi) is 3.21. The summed E-state index contributed by atoms with van der Waals surface area (Å²) in [6.45, 7) is 2.12. The molecule has 2 N–H and O–H groups in total. The van der Waals surface area contributed by atoms with E-state index in [0.29, 0.717) is 6.04 Å². The van der Waals surface area contributed by atoms with Crippen LogP contribution in [0.15, 0.2) is 17.5 Å². The first kappa shape index (κ1) is 10.1. The Bertz CT molecular complexity index is 269. The van der Waals surface area contributed by atoms with Gasteiger partial charge >= 0.3 is 0 Å². The quantitative estimate of drug-likeness (QED) is 0.783. The molecule has 2 nitrogen and oxygen atoms in total. The minimum atomic E-state index is -0.333. The van der Waals surface area contributed by atoms with Crippen LogP contribution in [-0.4, -0.2) is 17.2 Å². The third-order valence-corrected chi connectivity index (χ3v) is 3.63. The third-order valence-electron chi connectivity index (χ3n) is 2.68. The van der Waals surface area contributed by atoms with Crippen molar-refractivity contribution in [1.82, 2.24) is 5.32 Å². The zero-order valence-electron chi connectivity index (χ0n) is 8.44. The van der Waals surface area contributed by atoms with Crippen LogP contribution in [0.5, 0.6) is 0 Å². The smallest absolute Gasteiger partial charge is 0.103 e. The van der Waals surface area contributed by atoms with Crippen LogP contribution >= 0.6 is 11.3 Å². The SMILES string of the molecule is CCC(NC1CC1)C(O)c1cccs1. The summed E-state index contributed by atoms with van der Waals surface area (Å²) in [5.74, 6) is 0. The van der Waals surface area contributed by atoms with E-state index in [-0.39, 0.29) is 12.1 Å². The van der Waals surface area contributed by atoms with Crippen LogP contribution in [0.1, 0.15) is 37.2 Å². The fourth-order valence-corrected chi connectivity index (χ4v) is 2.42. The number of thiophene rings is 1. The summed E-state index contributed by atoms with van der Waals surface area (Å²) >= 11 is 1.63. The Morgan fingerprint density at radius 1 is 1.64 bits per heavy atom. The molecule has 3 heteroatoms. The second-order valence-corrected chi connectivity index (χ2v) is 4.90. The van der Waals surface area contributed by atoms with Crippen LogP contribution in [0.2, 0.25) is 0 Å². The van der Waals surface area contributed by atoms with Crippen molar-refractivity contribution < 1.29 is 5.11 Å². The van der Waals surface area contributed by atoms with Gasteiger partial charge in [-0.25, -0.2) is 0 Å². The van der Waals surface area contributed by atoms with Gasteiger partial charge in [-0.05, 0) is 30.7 Å². The highest BCUT2D eigenvalue weighted by Crippen LogP contribution is 2.27.